The molecule has 0 spiro atoms. The van der Waals surface area contributed by atoms with Gasteiger partial charge in [0.2, 0.25) is 0 Å². The Hall–Kier alpha value is -2.62. The molecule has 10 heteroatoms. The van der Waals surface area contributed by atoms with Gasteiger partial charge in [-0.15, -0.1) is 0 Å². The van der Waals surface area contributed by atoms with Crippen molar-refractivity contribution in [3.63, 3.8) is 0 Å². The molecule has 1 aromatic carbocycles. The maximum absolute atomic E-state index is 14.6. The van der Waals surface area contributed by atoms with E-state index in [0.717, 1.165) is 18.9 Å². The van der Waals surface area contributed by atoms with Gasteiger partial charge in [-0.1, -0.05) is 25.5 Å². The highest BCUT2D eigenvalue weighted by Crippen LogP contribution is 2.35. The first kappa shape index (κ1) is 26.0. The Kier molecular flexibility index (Phi) is 8.57. The number of fused-ring (bicyclic) bond motifs is 1. The summed E-state index contributed by atoms with van der Waals surface area (Å²) < 4.78 is 51.7. The van der Waals surface area contributed by atoms with E-state index in [1.54, 1.807) is 12.3 Å². The molecule has 1 aromatic heterocycles. The van der Waals surface area contributed by atoms with Gasteiger partial charge in [0.15, 0.2) is 11.6 Å². The number of unbranched alkanes of at least 4 members (excludes halogenated alkanes) is 1. The second-order valence-corrected chi connectivity index (χ2v) is 11.3. The highest BCUT2D eigenvalue weighted by molar-refractivity contribution is 7.85. The summed E-state index contributed by atoms with van der Waals surface area (Å²) >= 11 is 0. The molecule has 2 heterocycles. The van der Waals surface area contributed by atoms with E-state index in [-0.39, 0.29) is 11.5 Å². The summed E-state index contributed by atoms with van der Waals surface area (Å²) in [6, 6.07) is 3.68. The molecule has 0 radical (unpaired) electrons. The number of nitrogens with zero attached hydrogens (tertiary/aromatic N) is 3. The van der Waals surface area contributed by atoms with Crippen LogP contribution >= 0.6 is 0 Å². The third-order valence-corrected chi connectivity index (χ3v) is 7.03. The Bertz CT molecular complexity index is 1060. The predicted octanol–water partition coefficient (Wildman–Crippen LogP) is 5.19. The van der Waals surface area contributed by atoms with Crippen molar-refractivity contribution in [1.82, 2.24) is 14.9 Å². The molecule has 3 atom stereocenters. The van der Waals surface area contributed by atoms with Crippen LogP contribution in [-0.2, 0) is 22.3 Å². The van der Waals surface area contributed by atoms with Crippen molar-refractivity contribution in [2.24, 2.45) is 4.40 Å². The number of ether oxygens (including phenoxy) is 1. The second-order valence-electron chi connectivity index (χ2n) is 9.35. The molecule has 1 amide bonds. The molecule has 34 heavy (non-hydrogen) atoms. The molecular weight excluding hydrogens is 462 g/mol. The van der Waals surface area contributed by atoms with Crippen molar-refractivity contribution < 1.29 is 22.5 Å². The number of carbonyl (C=O) groups excluding carboxylic acids is 1. The van der Waals surface area contributed by atoms with Crippen LogP contribution in [0.4, 0.5) is 13.6 Å². The first-order chi connectivity index (χ1) is 16.1. The number of aromatic nitrogens is 2. The summed E-state index contributed by atoms with van der Waals surface area (Å²) in [5, 5.41) is 2.86. The average Bonchev–Trinajstić information content (AvgIpc) is 3.09. The molecule has 186 valence electrons. The van der Waals surface area contributed by atoms with Crippen molar-refractivity contribution >= 4 is 23.3 Å². The van der Waals surface area contributed by atoms with Gasteiger partial charge in [-0.2, -0.15) is 4.40 Å². The number of nitrogens with one attached hydrogen (secondary N) is 1. The third kappa shape index (κ3) is 6.28. The zero-order chi connectivity index (χ0) is 24.9. The van der Waals surface area contributed by atoms with E-state index in [0.29, 0.717) is 37.5 Å². The fourth-order valence-corrected chi connectivity index (χ4v) is 4.29. The summed E-state index contributed by atoms with van der Waals surface area (Å²) in [6.45, 7) is 8.10. The number of amides is 1. The smallest absolute Gasteiger partial charge is 0.407 e. The maximum atomic E-state index is 14.6. The van der Waals surface area contributed by atoms with E-state index in [1.807, 2.05) is 32.3 Å². The van der Waals surface area contributed by atoms with Gasteiger partial charge in [0.05, 0.1) is 35.5 Å². The summed E-state index contributed by atoms with van der Waals surface area (Å²) in [6.07, 6.45) is 5.14. The number of carbonyl (C=O) groups is 1. The number of imidazole rings is 1. The Balaban J connectivity index is 1.93. The van der Waals surface area contributed by atoms with E-state index in [9.17, 15) is 17.8 Å². The number of alkyl carbamates (subject to hydrolysis) is 1. The SMILES string of the molecule is CCCCOC(=O)N[C@@H]1CC[C@@H](c2cccc(F)c2F)Cn2c(C=NS(=O)C(C)(C)C)cnc21. The van der Waals surface area contributed by atoms with Crippen LogP contribution in [0.1, 0.15) is 82.4 Å². The van der Waals surface area contributed by atoms with Gasteiger partial charge in [-0.3, -0.25) is 0 Å². The molecule has 3 rings (SSSR count). The first-order valence-corrected chi connectivity index (χ1v) is 12.6. The highest BCUT2D eigenvalue weighted by atomic mass is 32.2. The monoisotopic (exact) mass is 494 g/mol. The van der Waals surface area contributed by atoms with E-state index >= 15 is 0 Å². The molecule has 0 fully saturated rings. The first-order valence-electron chi connectivity index (χ1n) is 11.5. The molecule has 0 saturated carbocycles. The Morgan fingerprint density at radius 2 is 2.12 bits per heavy atom. The third-order valence-electron chi connectivity index (χ3n) is 5.68. The average molecular weight is 495 g/mol. The minimum absolute atomic E-state index is 0.270. The maximum Gasteiger partial charge on any atom is 0.407 e. The van der Waals surface area contributed by atoms with Crippen LogP contribution in [0, 0.1) is 11.6 Å². The highest BCUT2D eigenvalue weighted by Gasteiger charge is 2.30. The number of halogens is 2. The molecule has 1 aliphatic heterocycles. The van der Waals surface area contributed by atoms with Crippen molar-refractivity contribution in [3.05, 3.63) is 53.1 Å². The quantitative estimate of drug-likeness (QED) is 0.424. The summed E-state index contributed by atoms with van der Waals surface area (Å²) in [5.74, 6) is -1.56. The second kappa shape index (κ2) is 11.2. The van der Waals surface area contributed by atoms with Gasteiger partial charge in [0.1, 0.15) is 16.8 Å². The fraction of sp³-hybridized carbons (Fsp3) is 0.542. The van der Waals surface area contributed by atoms with Crippen LogP contribution in [0.15, 0.2) is 28.8 Å². The van der Waals surface area contributed by atoms with E-state index < -0.39 is 39.5 Å². The number of rotatable bonds is 7. The van der Waals surface area contributed by atoms with Crippen LogP contribution in [0.5, 0.6) is 0 Å². The van der Waals surface area contributed by atoms with Crippen molar-refractivity contribution in [2.75, 3.05) is 6.61 Å². The molecule has 0 bridgehead atoms. The van der Waals surface area contributed by atoms with Gasteiger partial charge in [0.25, 0.3) is 0 Å². The molecule has 2 aromatic rings. The topological polar surface area (TPSA) is 85.6 Å². The van der Waals surface area contributed by atoms with E-state index in [4.69, 9.17) is 4.74 Å². The molecule has 1 N–H and O–H groups in total. The van der Waals surface area contributed by atoms with Crippen molar-refractivity contribution in [2.45, 2.75) is 76.6 Å². The van der Waals surface area contributed by atoms with Crippen molar-refractivity contribution in [1.29, 1.82) is 0 Å². The van der Waals surface area contributed by atoms with Crippen LogP contribution in [0.3, 0.4) is 0 Å². The predicted molar refractivity (Wildman–Crippen MR) is 128 cm³/mol. The van der Waals surface area contributed by atoms with Gasteiger partial charge < -0.3 is 14.6 Å². The van der Waals surface area contributed by atoms with Gasteiger partial charge in [0, 0.05) is 12.5 Å². The summed E-state index contributed by atoms with van der Waals surface area (Å²) in [7, 11) is -1.47. The molecule has 7 nitrogen and oxygen atoms in total. The normalized spacial score (nSPS) is 19.5. The minimum Gasteiger partial charge on any atom is -0.450 e. The Morgan fingerprint density at radius 3 is 2.82 bits per heavy atom. The van der Waals surface area contributed by atoms with Gasteiger partial charge in [-0.25, -0.2) is 22.8 Å². The molecule has 1 unspecified atom stereocenters. The zero-order valence-electron chi connectivity index (χ0n) is 20.0. The molecule has 1 aliphatic rings. The van der Waals surface area contributed by atoms with E-state index in [2.05, 4.69) is 14.7 Å². The number of hydrogen-bond donors (Lipinski definition) is 1. The zero-order valence-corrected chi connectivity index (χ0v) is 20.8. The van der Waals surface area contributed by atoms with Crippen LogP contribution in [0.25, 0.3) is 0 Å². The lowest BCUT2D eigenvalue weighted by Gasteiger charge is -2.18. The minimum atomic E-state index is -1.47. The molecule has 0 saturated heterocycles. The lowest BCUT2D eigenvalue weighted by molar-refractivity contribution is 0.139. The lowest BCUT2D eigenvalue weighted by Crippen LogP contribution is -2.30. The Morgan fingerprint density at radius 1 is 1.35 bits per heavy atom. The summed E-state index contributed by atoms with van der Waals surface area (Å²) in [5.41, 5.74) is 0.842. The lowest BCUT2D eigenvalue weighted by atomic mass is 9.93. The van der Waals surface area contributed by atoms with Gasteiger partial charge >= 0.3 is 6.09 Å². The fourth-order valence-electron chi connectivity index (χ4n) is 3.77. The van der Waals surface area contributed by atoms with Crippen LogP contribution in [0.2, 0.25) is 0 Å². The van der Waals surface area contributed by atoms with Crippen LogP contribution in [-0.4, -0.2) is 37.4 Å². The van der Waals surface area contributed by atoms with Gasteiger partial charge in [-0.05, 0) is 51.7 Å². The number of benzene rings is 1. The van der Waals surface area contributed by atoms with Crippen molar-refractivity contribution in [3.8, 4) is 0 Å². The summed E-state index contributed by atoms with van der Waals surface area (Å²) in [4.78, 5) is 16.8. The molecule has 0 aliphatic carbocycles. The standard InChI is InChI=1S/C24H32F2N4O3S/c1-5-6-12-33-23(31)29-20-11-10-16(18-8-7-9-19(25)21(18)26)15-30-17(13-27-22(20)30)14-28-34(32)24(2,3)4/h7-9,13-14,16,20H,5-6,10-12,15H2,1-4H3,(H,29,31)/t16-,20-,34?/m1/s1. The van der Waals surface area contributed by atoms with Crippen LogP contribution < -0.4 is 5.32 Å². The van der Waals surface area contributed by atoms with E-state index in [1.165, 1.54) is 12.3 Å². The Labute approximate surface area is 201 Å². The molecular formula is C24H32F2N4O3S. The number of hydrogen-bond acceptors (Lipinski definition) is 4. The largest absolute Gasteiger partial charge is 0.450 e.